The van der Waals surface area contributed by atoms with Gasteiger partial charge in [0.25, 0.3) is 0 Å². The van der Waals surface area contributed by atoms with Crippen molar-refractivity contribution in [2.75, 3.05) is 26.2 Å². The van der Waals surface area contributed by atoms with Gasteiger partial charge in [-0.3, -0.25) is 0 Å². The number of rotatable bonds is 3. The molecule has 1 aliphatic rings. The van der Waals surface area contributed by atoms with E-state index >= 15 is 0 Å². The summed E-state index contributed by atoms with van der Waals surface area (Å²) in [6.45, 7) is 5.19. The van der Waals surface area contributed by atoms with Crippen LogP contribution < -0.4 is 5.32 Å². The van der Waals surface area contributed by atoms with Crippen molar-refractivity contribution in [3.8, 4) is 0 Å². The normalized spacial score (nSPS) is 22.7. The van der Waals surface area contributed by atoms with Crippen LogP contribution in [0.15, 0.2) is 0 Å². The van der Waals surface area contributed by atoms with Crippen LogP contribution in [0.1, 0.15) is 19.8 Å². The van der Waals surface area contributed by atoms with Gasteiger partial charge in [-0.1, -0.05) is 0 Å². The van der Waals surface area contributed by atoms with E-state index in [0.29, 0.717) is 19.0 Å². The third-order valence-electron chi connectivity index (χ3n) is 2.53. The summed E-state index contributed by atoms with van der Waals surface area (Å²) in [4.78, 5) is 12.2. The van der Waals surface area contributed by atoms with Crippen LogP contribution in [-0.2, 0) is 0 Å². The number of carboxylic acid groups (broad SMARTS) is 1. The molecule has 1 aliphatic heterocycles. The molecule has 1 heterocycles. The fourth-order valence-corrected chi connectivity index (χ4v) is 1.73. The van der Waals surface area contributed by atoms with Crippen LogP contribution in [0.25, 0.3) is 0 Å². The maximum Gasteiger partial charge on any atom is 0.407 e. The number of nitrogens with one attached hydrogen (secondary N) is 1. The van der Waals surface area contributed by atoms with Crippen LogP contribution >= 0.6 is 0 Å². The predicted molar refractivity (Wildman–Crippen MR) is 50.9 cm³/mol. The lowest BCUT2D eigenvalue weighted by molar-refractivity contribution is 0.135. The summed E-state index contributed by atoms with van der Waals surface area (Å²) in [5, 5.41) is 12.1. The highest BCUT2D eigenvalue weighted by Crippen LogP contribution is 2.11. The topological polar surface area (TPSA) is 52.6 Å². The minimum Gasteiger partial charge on any atom is -0.465 e. The summed E-state index contributed by atoms with van der Waals surface area (Å²) in [5.74, 6) is 0.504. The molecule has 1 rings (SSSR count). The zero-order valence-electron chi connectivity index (χ0n) is 8.12. The van der Waals surface area contributed by atoms with Gasteiger partial charge < -0.3 is 15.3 Å². The van der Waals surface area contributed by atoms with Crippen LogP contribution in [0.3, 0.4) is 0 Å². The molecule has 2 N–H and O–H groups in total. The summed E-state index contributed by atoms with van der Waals surface area (Å²) in [5.41, 5.74) is 0. The van der Waals surface area contributed by atoms with Gasteiger partial charge in [0.1, 0.15) is 0 Å². The molecular formula is C9H18N2O2. The number of nitrogens with zero attached hydrogens (tertiary/aromatic N) is 1. The van der Waals surface area contributed by atoms with Crippen molar-refractivity contribution in [2.24, 2.45) is 5.92 Å². The van der Waals surface area contributed by atoms with Crippen LogP contribution in [0.5, 0.6) is 0 Å². The van der Waals surface area contributed by atoms with Gasteiger partial charge in [-0.15, -0.1) is 0 Å². The van der Waals surface area contributed by atoms with E-state index in [0.717, 1.165) is 19.5 Å². The predicted octanol–water partition coefficient (Wildman–Crippen LogP) is 0.986. The Hall–Kier alpha value is -0.770. The Labute approximate surface area is 78.9 Å². The molecule has 0 bridgehead atoms. The molecule has 0 saturated carbocycles. The standard InChI is InChI=1S/C9H18N2O2/c1-2-11(9(12)13)7-8-4-3-5-10-6-8/h8,10H,2-7H2,1H3,(H,12,13). The minimum absolute atomic E-state index is 0.504. The molecule has 76 valence electrons. The number of piperidine rings is 1. The van der Waals surface area contributed by atoms with Gasteiger partial charge in [-0.2, -0.15) is 0 Å². The molecule has 13 heavy (non-hydrogen) atoms. The molecule has 1 saturated heterocycles. The Kier molecular flexibility index (Phi) is 4.02. The van der Waals surface area contributed by atoms with Crippen LogP contribution in [0.4, 0.5) is 4.79 Å². The quantitative estimate of drug-likeness (QED) is 0.691. The first kappa shape index (κ1) is 10.3. The van der Waals surface area contributed by atoms with Gasteiger partial charge in [-0.25, -0.2) is 4.79 Å². The van der Waals surface area contributed by atoms with Gasteiger partial charge in [0.2, 0.25) is 0 Å². The van der Waals surface area contributed by atoms with E-state index in [9.17, 15) is 4.79 Å². The average molecular weight is 186 g/mol. The van der Waals surface area contributed by atoms with Crippen LogP contribution in [-0.4, -0.2) is 42.3 Å². The number of carbonyl (C=O) groups is 1. The molecule has 4 heteroatoms. The lowest BCUT2D eigenvalue weighted by atomic mass is 9.99. The maximum absolute atomic E-state index is 10.7. The van der Waals surface area contributed by atoms with E-state index in [-0.39, 0.29) is 0 Å². The van der Waals surface area contributed by atoms with Crippen molar-refractivity contribution in [3.63, 3.8) is 0 Å². The second-order valence-electron chi connectivity index (χ2n) is 3.53. The monoisotopic (exact) mass is 186 g/mol. The Bertz CT molecular complexity index is 167. The molecule has 0 aromatic rings. The van der Waals surface area contributed by atoms with E-state index in [1.807, 2.05) is 6.92 Å². The number of hydrogen-bond acceptors (Lipinski definition) is 2. The van der Waals surface area contributed by atoms with Gasteiger partial charge in [-0.05, 0) is 38.8 Å². The molecule has 1 fully saturated rings. The SMILES string of the molecule is CCN(CC1CCCNC1)C(=O)O. The highest BCUT2D eigenvalue weighted by molar-refractivity contribution is 5.64. The second kappa shape index (κ2) is 5.07. The first-order valence-corrected chi connectivity index (χ1v) is 4.92. The first-order valence-electron chi connectivity index (χ1n) is 4.92. The molecule has 1 atom stereocenters. The average Bonchev–Trinajstić information content (AvgIpc) is 2.15. The molecular weight excluding hydrogens is 168 g/mol. The Balaban J connectivity index is 2.31. The van der Waals surface area contributed by atoms with E-state index in [2.05, 4.69) is 5.32 Å². The highest BCUT2D eigenvalue weighted by Gasteiger charge is 2.18. The molecule has 0 spiro atoms. The zero-order chi connectivity index (χ0) is 9.68. The van der Waals surface area contributed by atoms with Crippen molar-refractivity contribution < 1.29 is 9.90 Å². The molecule has 1 amide bonds. The van der Waals surface area contributed by atoms with E-state index in [4.69, 9.17) is 5.11 Å². The smallest absolute Gasteiger partial charge is 0.407 e. The summed E-state index contributed by atoms with van der Waals surface area (Å²) in [7, 11) is 0. The van der Waals surface area contributed by atoms with E-state index in [1.165, 1.54) is 11.3 Å². The molecule has 1 unspecified atom stereocenters. The third kappa shape index (κ3) is 3.22. The minimum atomic E-state index is -0.798. The lowest BCUT2D eigenvalue weighted by Crippen LogP contribution is -2.40. The maximum atomic E-state index is 10.7. The fourth-order valence-electron chi connectivity index (χ4n) is 1.73. The van der Waals surface area contributed by atoms with Crippen molar-refractivity contribution in [1.82, 2.24) is 10.2 Å². The molecule has 0 aromatic carbocycles. The lowest BCUT2D eigenvalue weighted by Gasteiger charge is -2.27. The Morgan fingerprint density at radius 1 is 1.69 bits per heavy atom. The fraction of sp³-hybridized carbons (Fsp3) is 0.889. The summed E-state index contributed by atoms with van der Waals surface area (Å²) >= 11 is 0. The van der Waals surface area contributed by atoms with E-state index < -0.39 is 6.09 Å². The van der Waals surface area contributed by atoms with Gasteiger partial charge in [0.05, 0.1) is 0 Å². The molecule has 0 radical (unpaired) electrons. The van der Waals surface area contributed by atoms with Crippen molar-refractivity contribution in [1.29, 1.82) is 0 Å². The summed E-state index contributed by atoms with van der Waals surface area (Å²) in [6, 6.07) is 0. The Morgan fingerprint density at radius 2 is 2.46 bits per heavy atom. The summed E-state index contributed by atoms with van der Waals surface area (Å²) < 4.78 is 0. The van der Waals surface area contributed by atoms with Gasteiger partial charge >= 0.3 is 6.09 Å². The zero-order valence-corrected chi connectivity index (χ0v) is 8.12. The van der Waals surface area contributed by atoms with Crippen molar-refractivity contribution in [3.05, 3.63) is 0 Å². The van der Waals surface area contributed by atoms with Crippen molar-refractivity contribution in [2.45, 2.75) is 19.8 Å². The van der Waals surface area contributed by atoms with Gasteiger partial charge in [0, 0.05) is 13.1 Å². The third-order valence-corrected chi connectivity index (χ3v) is 2.53. The van der Waals surface area contributed by atoms with Crippen LogP contribution in [0.2, 0.25) is 0 Å². The number of hydrogen-bond donors (Lipinski definition) is 2. The molecule has 0 aromatic heterocycles. The van der Waals surface area contributed by atoms with E-state index in [1.54, 1.807) is 0 Å². The summed E-state index contributed by atoms with van der Waals surface area (Å²) in [6.07, 6.45) is 1.52. The van der Waals surface area contributed by atoms with Gasteiger partial charge in [0.15, 0.2) is 0 Å². The largest absolute Gasteiger partial charge is 0.465 e. The van der Waals surface area contributed by atoms with Crippen LogP contribution in [0, 0.1) is 5.92 Å². The molecule has 0 aliphatic carbocycles. The first-order chi connectivity index (χ1) is 6.24. The second-order valence-corrected chi connectivity index (χ2v) is 3.53. The Morgan fingerprint density at radius 3 is 2.92 bits per heavy atom. The highest BCUT2D eigenvalue weighted by atomic mass is 16.4. The molecule has 4 nitrogen and oxygen atoms in total. The van der Waals surface area contributed by atoms with Crippen molar-refractivity contribution >= 4 is 6.09 Å². The number of amides is 1.